The molecule has 4 aliphatic carbocycles. The van der Waals surface area contributed by atoms with Gasteiger partial charge in [-0.2, -0.15) is 5.48 Å². The maximum absolute atomic E-state index is 13.7. The van der Waals surface area contributed by atoms with E-state index >= 15 is 0 Å². The van der Waals surface area contributed by atoms with Crippen LogP contribution in [-0.2, 0) is 35.4 Å². The van der Waals surface area contributed by atoms with Crippen molar-refractivity contribution in [3.8, 4) is 0 Å². The van der Waals surface area contributed by atoms with Crippen molar-refractivity contribution in [2.75, 3.05) is 12.3 Å². The third-order valence-electron chi connectivity index (χ3n) is 12.7. The molecule has 2 aromatic rings. The maximum atomic E-state index is 13.7. The fourth-order valence-corrected chi connectivity index (χ4v) is 10.1. The highest BCUT2D eigenvalue weighted by atomic mass is 16.7. The number of ketones is 2. The van der Waals surface area contributed by atoms with E-state index in [1.807, 2.05) is 4.57 Å². The van der Waals surface area contributed by atoms with Crippen LogP contribution in [0.15, 0.2) is 24.3 Å². The zero-order valence-electron chi connectivity index (χ0n) is 29.5. The summed E-state index contributed by atoms with van der Waals surface area (Å²) in [6.07, 6.45) is 13.6. The summed E-state index contributed by atoms with van der Waals surface area (Å²) in [5.41, 5.74) is 10.1. The highest BCUT2D eigenvalue weighted by Crippen LogP contribution is 2.68. The highest BCUT2D eigenvalue weighted by molar-refractivity contribution is 5.92. The van der Waals surface area contributed by atoms with Crippen molar-refractivity contribution in [3.63, 3.8) is 0 Å². The molecule has 0 radical (unpaired) electrons. The lowest BCUT2D eigenvalue weighted by Gasteiger charge is -2.59. The minimum Gasteiger partial charge on any atom is -0.382 e. The molecule has 6 rings (SSSR count). The van der Waals surface area contributed by atoms with Crippen LogP contribution in [0.2, 0.25) is 0 Å². The first kappa shape index (κ1) is 35.7. The number of aryl methyl sites for hydroxylation is 1. The molecule has 0 spiro atoms. The fourth-order valence-electron chi connectivity index (χ4n) is 10.1. The fraction of sp³-hybridized carbons (Fsp3) is 0.676. The molecule has 0 saturated heterocycles. The maximum Gasteiger partial charge on any atom is 0.335 e. The van der Waals surface area contributed by atoms with Gasteiger partial charge in [0.05, 0.1) is 12.2 Å². The van der Waals surface area contributed by atoms with Crippen LogP contribution < -0.4 is 16.5 Å². The van der Waals surface area contributed by atoms with E-state index in [-0.39, 0.29) is 64.8 Å². The van der Waals surface area contributed by atoms with Gasteiger partial charge < -0.3 is 20.5 Å². The minimum absolute atomic E-state index is 0.00310. The number of amides is 2. The van der Waals surface area contributed by atoms with Crippen LogP contribution >= 0.6 is 0 Å². The molecule has 3 fully saturated rings. The standard InChI is InChI=1S/C37H51N7O6/c1-22(45)26-8-9-27-31-25(19-23-18-24(46)12-14-36(23,2)28(31)13-15-37(26,27)3)35(49)50-43-30(48)11-10-29(47)39-16-6-4-5-7-17-44-21-42-32-33(38)40-20-41-34(32)44/h18,20-21,25-28,31H,4-17,19H2,1-3H3,(H,39,47)(H,43,48)(H2,38,40,41)/t25-,26-,27+,28+,31+,36+,37-/m1/s1. The number of hydrogen-bond donors (Lipinski definition) is 3. The van der Waals surface area contributed by atoms with Crippen LogP contribution in [0, 0.1) is 40.4 Å². The number of allylic oxidation sites excluding steroid dienone is 1. The molecule has 2 aromatic heterocycles. The summed E-state index contributed by atoms with van der Waals surface area (Å²) < 4.78 is 1.96. The number of aromatic nitrogens is 4. The summed E-state index contributed by atoms with van der Waals surface area (Å²) in [4.78, 5) is 81.9. The van der Waals surface area contributed by atoms with Gasteiger partial charge >= 0.3 is 5.97 Å². The van der Waals surface area contributed by atoms with Crippen LogP contribution in [-0.4, -0.2) is 55.4 Å². The molecule has 7 atom stereocenters. The van der Waals surface area contributed by atoms with Gasteiger partial charge in [0.1, 0.15) is 17.6 Å². The number of unbranched alkanes of at least 4 members (excludes halogenated alkanes) is 3. The van der Waals surface area contributed by atoms with Crippen LogP contribution in [0.4, 0.5) is 5.82 Å². The van der Waals surface area contributed by atoms with Gasteiger partial charge in [0, 0.05) is 38.3 Å². The number of carbonyl (C=O) groups is 5. The third-order valence-corrected chi connectivity index (χ3v) is 12.7. The summed E-state index contributed by atoms with van der Waals surface area (Å²) in [7, 11) is 0. The Labute approximate surface area is 292 Å². The molecule has 13 heteroatoms. The number of Topliss-reactive ketones (excluding diaryl/α,β-unsaturated/α-hetero) is 1. The van der Waals surface area contributed by atoms with E-state index in [4.69, 9.17) is 10.6 Å². The molecule has 2 heterocycles. The van der Waals surface area contributed by atoms with E-state index in [1.165, 1.54) is 6.33 Å². The monoisotopic (exact) mass is 689 g/mol. The van der Waals surface area contributed by atoms with Crippen molar-refractivity contribution in [1.82, 2.24) is 30.3 Å². The molecule has 4 aliphatic rings. The quantitative estimate of drug-likeness (QED) is 0.213. The SMILES string of the molecule is CC(=O)[C@H]1CC[C@H]2[C@@H]3[C@H](C(=O)ONC(=O)CCC(=O)NCCCCCCn4cnc5c(N)ncnc54)CC4=CC(=O)CC[C@]4(C)[C@H]3CC[C@]12C. The number of nitrogens with one attached hydrogen (secondary N) is 2. The van der Waals surface area contributed by atoms with Crippen molar-refractivity contribution in [2.45, 2.75) is 111 Å². The van der Waals surface area contributed by atoms with E-state index in [0.717, 1.165) is 75.6 Å². The largest absolute Gasteiger partial charge is 0.382 e. The Morgan fingerprint density at radius 2 is 1.76 bits per heavy atom. The highest BCUT2D eigenvalue weighted by Gasteiger charge is 2.63. The van der Waals surface area contributed by atoms with Gasteiger partial charge in [-0.3, -0.25) is 19.2 Å². The molecular weight excluding hydrogens is 638 g/mol. The second kappa shape index (κ2) is 14.6. The minimum atomic E-state index is -0.539. The Hall–Kier alpha value is -4.16. The number of carbonyl (C=O) groups excluding carboxylic acids is 5. The molecule has 270 valence electrons. The predicted octanol–water partition coefficient (Wildman–Crippen LogP) is 4.40. The summed E-state index contributed by atoms with van der Waals surface area (Å²) in [6.45, 7) is 7.42. The van der Waals surface area contributed by atoms with Gasteiger partial charge in [0.15, 0.2) is 17.2 Å². The summed E-state index contributed by atoms with van der Waals surface area (Å²) in [5.74, 6) is -0.749. The molecular formula is C37H51N7O6. The first-order valence-corrected chi connectivity index (χ1v) is 18.3. The molecule has 13 nitrogen and oxygen atoms in total. The van der Waals surface area contributed by atoms with Crippen molar-refractivity contribution in [1.29, 1.82) is 0 Å². The number of imidazole rings is 1. The van der Waals surface area contributed by atoms with Gasteiger partial charge in [-0.1, -0.05) is 32.3 Å². The van der Waals surface area contributed by atoms with Crippen LogP contribution in [0.3, 0.4) is 0 Å². The lowest BCUT2D eigenvalue weighted by atomic mass is 9.44. The molecule has 2 amide bonds. The topological polar surface area (TPSA) is 188 Å². The van der Waals surface area contributed by atoms with Gasteiger partial charge in [-0.05, 0) is 93.0 Å². The number of hydroxylamine groups is 1. The van der Waals surface area contributed by atoms with Crippen LogP contribution in [0.25, 0.3) is 11.2 Å². The smallest absolute Gasteiger partial charge is 0.335 e. The zero-order valence-corrected chi connectivity index (χ0v) is 29.5. The summed E-state index contributed by atoms with van der Waals surface area (Å²) in [5, 5.41) is 2.86. The number of nitrogen functional groups attached to an aromatic ring is 1. The number of rotatable bonds is 12. The Morgan fingerprint density at radius 1 is 0.980 bits per heavy atom. The van der Waals surface area contributed by atoms with E-state index in [2.05, 4.69) is 39.6 Å². The molecule has 4 N–H and O–H groups in total. The molecule has 0 unspecified atom stereocenters. The normalized spacial score (nSPS) is 30.1. The van der Waals surface area contributed by atoms with Crippen LogP contribution in [0.1, 0.15) is 104 Å². The van der Waals surface area contributed by atoms with Crippen molar-refractivity contribution in [3.05, 3.63) is 24.3 Å². The average molecular weight is 690 g/mol. The first-order chi connectivity index (χ1) is 23.9. The molecule has 50 heavy (non-hydrogen) atoms. The number of nitrogens with zero attached hydrogens (tertiary/aromatic N) is 4. The Bertz CT molecular complexity index is 1690. The molecule has 0 bridgehead atoms. The summed E-state index contributed by atoms with van der Waals surface area (Å²) >= 11 is 0. The lowest BCUT2D eigenvalue weighted by molar-refractivity contribution is -0.172. The third kappa shape index (κ3) is 6.92. The van der Waals surface area contributed by atoms with E-state index < -0.39 is 17.8 Å². The van der Waals surface area contributed by atoms with Gasteiger partial charge in [0.2, 0.25) is 5.91 Å². The van der Waals surface area contributed by atoms with Gasteiger partial charge in [-0.25, -0.2) is 19.7 Å². The van der Waals surface area contributed by atoms with Crippen molar-refractivity contribution in [2.24, 2.45) is 40.4 Å². The zero-order chi connectivity index (χ0) is 35.6. The first-order valence-electron chi connectivity index (χ1n) is 18.3. The average Bonchev–Trinajstić information content (AvgIpc) is 3.67. The molecule has 0 aliphatic heterocycles. The Morgan fingerprint density at radius 3 is 2.56 bits per heavy atom. The molecule has 0 aromatic carbocycles. The van der Waals surface area contributed by atoms with Gasteiger partial charge in [-0.15, -0.1) is 0 Å². The van der Waals surface area contributed by atoms with E-state index in [9.17, 15) is 24.0 Å². The summed E-state index contributed by atoms with van der Waals surface area (Å²) in [6, 6.07) is 0. The van der Waals surface area contributed by atoms with Crippen LogP contribution in [0.5, 0.6) is 0 Å². The second-order valence-electron chi connectivity index (χ2n) is 15.5. The number of hydrogen-bond acceptors (Lipinski definition) is 10. The van der Waals surface area contributed by atoms with Crippen molar-refractivity contribution < 1.29 is 28.8 Å². The lowest BCUT2D eigenvalue weighted by Crippen LogP contribution is -2.56. The van der Waals surface area contributed by atoms with E-state index in [1.54, 1.807) is 19.3 Å². The van der Waals surface area contributed by atoms with Crippen molar-refractivity contribution >= 4 is 46.3 Å². The second-order valence-corrected chi connectivity index (χ2v) is 15.5. The van der Waals surface area contributed by atoms with Gasteiger partial charge in [0.25, 0.3) is 5.91 Å². The Balaban J connectivity index is 0.946. The number of anilines is 1. The molecule has 3 saturated carbocycles. The number of fused-ring (bicyclic) bond motifs is 6. The van der Waals surface area contributed by atoms with E-state index in [0.29, 0.717) is 30.7 Å². The predicted molar refractivity (Wildman–Crippen MR) is 184 cm³/mol. The number of nitrogens with two attached hydrogens (primary N) is 1. The Kier molecular flexibility index (Phi) is 10.4.